The van der Waals surface area contributed by atoms with Crippen molar-refractivity contribution in [3.05, 3.63) is 16.8 Å². The molecule has 2 aromatic heterocycles. The molecule has 0 saturated heterocycles. The van der Waals surface area contributed by atoms with E-state index in [4.69, 9.17) is 5.21 Å². The quantitative estimate of drug-likeness (QED) is 0.496. The molecule has 2 heterocycles. The van der Waals surface area contributed by atoms with Gasteiger partial charge in [0.05, 0.1) is 11.4 Å². The first-order chi connectivity index (χ1) is 7.22. The van der Waals surface area contributed by atoms with Crippen LogP contribution < -0.4 is 0 Å². The molecular formula is C8H8N4OS2. The SMILES string of the molecule is CC(=NO)c1csc(-c2snnc2C)n1. The highest BCUT2D eigenvalue weighted by molar-refractivity contribution is 7.18. The first-order valence-electron chi connectivity index (χ1n) is 4.16. The lowest BCUT2D eigenvalue weighted by molar-refractivity contribution is 0.319. The molecule has 0 spiro atoms. The van der Waals surface area contributed by atoms with Crippen LogP contribution in [-0.4, -0.2) is 25.5 Å². The van der Waals surface area contributed by atoms with Gasteiger partial charge in [-0.05, 0) is 25.4 Å². The standard InChI is InChI=1S/C8H8N4OS2/c1-4(11-13)6-3-14-8(9-6)7-5(2)10-12-15-7/h3,13H,1-2H3. The number of thiazole rings is 1. The molecule has 0 bridgehead atoms. The number of hydrogen-bond donors (Lipinski definition) is 1. The largest absolute Gasteiger partial charge is 0.411 e. The molecule has 1 N–H and O–H groups in total. The van der Waals surface area contributed by atoms with Crippen molar-refractivity contribution in [3.63, 3.8) is 0 Å². The molecule has 0 atom stereocenters. The normalized spacial score (nSPS) is 12.0. The fraction of sp³-hybridized carbons (Fsp3) is 0.250. The first-order valence-corrected chi connectivity index (χ1v) is 5.81. The third-order valence-electron chi connectivity index (χ3n) is 1.87. The number of rotatable bonds is 2. The van der Waals surface area contributed by atoms with Crippen molar-refractivity contribution >= 4 is 28.6 Å². The Balaban J connectivity index is 2.40. The van der Waals surface area contributed by atoms with Crippen LogP contribution in [0.15, 0.2) is 10.5 Å². The van der Waals surface area contributed by atoms with Crippen molar-refractivity contribution in [2.24, 2.45) is 5.16 Å². The minimum absolute atomic E-state index is 0.507. The van der Waals surface area contributed by atoms with E-state index in [0.29, 0.717) is 11.4 Å². The summed E-state index contributed by atoms with van der Waals surface area (Å²) >= 11 is 2.81. The van der Waals surface area contributed by atoms with Gasteiger partial charge in [0.25, 0.3) is 0 Å². The van der Waals surface area contributed by atoms with Crippen molar-refractivity contribution in [3.8, 4) is 9.88 Å². The van der Waals surface area contributed by atoms with Gasteiger partial charge in [-0.25, -0.2) is 4.98 Å². The third kappa shape index (κ3) is 1.88. The van der Waals surface area contributed by atoms with Crippen molar-refractivity contribution < 1.29 is 5.21 Å². The molecule has 0 aromatic carbocycles. The van der Waals surface area contributed by atoms with Gasteiger partial charge in [0.15, 0.2) is 0 Å². The zero-order chi connectivity index (χ0) is 10.8. The summed E-state index contributed by atoms with van der Waals surface area (Å²) in [5.74, 6) is 0. The Morgan fingerprint density at radius 1 is 1.53 bits per heavy atom. The van der Waals surface area contributed by atoms with Gasteiger partial charge in [-0.2, -0.15) is 0 Å². The second-order valence-corrected chi connectivity index (χ2v) is 4.52. The van der Waals surface area contributed by atoms with Crippen LogP contribution in [0.4, 0.5) is 0 Å². The highest BCUT2D eigenvalue weighted by Crippen LogP contribution is 2.28. The summed E-state index contributed by atoms with van der Waals surface area (Å²) in [5, 5.41) is 18.4. The lowest BCUT2D eigenvalue weighted by Crippen LogP contribution is -1.94. The van der Waals surface area contributed by atoms with Crippen LogP contribution >= 0.6 is 22.9 Å². The van der Waals surface area contributed by atoms with Crippen LogP contribution in [0.5, 0.6) is 0 Å². The van der Waals surface area contributed by atoms with Gasteiger partial charge in [-0.3, -0.25) is 0 Å². The molecule has 2 aromatic rings. The van der Waals surface area contributed by atoms with Crippen molar-refractivity contribution in [2.75, 3.05) is 0 Å². The van der Waals surface area contributed by atoms with Crippen LogP contribution in [-0.2, 0) is 0 Å². The fourth-order valence-corrected chi connectivity index (χ4v) is 2.67. The Labute approximate surface area is 94.3 Å². The molecule has 0 unspecified atom stereocenters. The number of hydrogen-bond acceptors (Lipinski definition) is 7. The Kier molecular flexibility index (Phi) is 2.74. The zero-order valence-corrected chi connectivity index (χ0v) is 9.76. The second-order valence-electron chi connectivity index (χ2n) is 2.91. The Morgan fingerprint density at radius 3 is 2.93 bits per heavy atom. The highest BCUT2D eigenvalue weighted by atomic mass is 32.1. The number of nitrogens with zero attached hydrogens (tertiary/aromatic N) is 4. The van der Waals surface area contributed by atoms with Gasteiger partial charge in [0.2, 0.25) is 0 Å². The molecule has 15 heavy (non-hydrogen) atoms. The minimum Gasteiger partial charge on any atom is -0.411 e. The molecule has 0 aliphatic rings. The summed E-state index contributed by atoms with van der Waals surface area (Å²) in [4.78, 5) is 5.31. The molecule has 0 amide bonds. The van der Waals surface area contributed by atoms with E-state index in [0.717, 1.165) is 15.6 Å². The van der Waals surface area contributed by atoms with E-state index in [1.54, 1.807) is 6.92 Å². The molecule has 2 rings (SSSR count). The summed E-state index contributed by atoms with van der Waals surface area (Å²) in [6, 6.07) is 0. The summed E-state index contributed by atoms with van der Waals surface area (Å²) in [6.07, 6.45) is 0. The van der Waals surface area contributed by atoms with Gasteiger partial charge < -0.3 is 5.21 Å². The molecule has 0 aliphatic carbocycles. The predicted molar refractivity (Wildman–Crippen MR) is 59.8 cm³/mol. The summed E-state index contributed by atoms with van der Waals surface area (Å²) in [5.41, 5.74) is 2.07. The van der Waals surface area contributed by atoms with Crippen molar-refractivity contribution in [1.29, 1.82) is 0 Å². The van der Waals surface area contributed by atoms with Crippen LogP contribution in [0, 0.1) is 6.92 Å². The molecule has 7 heteroatoms. The molecule has 0 fully saturated rings. The van der Waals surface area contributed by atoms with Crippen LogP contribution in [0.25, 0.3) is 9.88 Å². The van der Waals surface area contributed by atoms with Crippen molar-refractivity contribution in [2.45, 2.75) is 13.8 Å². The van der Waals surface area contributed by atoms with Gasteiger partial charge in [0, 0.05) is 5.38 Å². The predicted octanol–water partition coefficient (Wildman–Crippen LogP) is 2.17. The lowest BCUT2D eigenvalue weighted by atomic mass is 10.3. The molecule has 5 nitrogen and oxygen atoms in total. The van der Waals surface area contributed by atoms with Gasteiger partial charge in [-0.15, -0.1) is 16.4 Å². The van der Waals surface area contributed by atoms with Crippen LogP contribution in [0.2, 0.25) is 0 Å². The molecular weight excluding hydrogens is 232 g/mol. The third-order valence-corrected chi connectivity index (χ3v) is 3.69. The van der Waals surface area contributed by atoms with E-state index in [-0.39, 0.29) is 0 Å². The summed E-state index contributed by atoms with van der Waals surface area (Å²) in [7, 11) is 0. The van der Waals surface area contributed by atoms with Gasteiger partial charge in [-0.1, -0.05) is 9.64 Å². The molecule has 0 saturated carbocycles. The average molecular weight is 240 g/mol. The van der Waals surface area contributed by atoms with Crippen LogP contribution in [0.3, 0.4) is 0 Å². The average Bonchev–Trinajstić information content (AvgIpc) is 2.84. The van der Waals surface area contributed by atoms with E-state index in [2.05, 4.69) is 19.7 Å². The van der Waals surface area contributed by atoms with Gasteiger partial charge in [0.1, 0.15) is 15.6 Å². The second kappa shape index (κ2) is 4.03. The zero-order valence-electron chi connectivity index (χ0n) is 8.13. The summed E-state index contributed by atoms with van der Waals surface area (Å²) < 4.78 is 3.85. The van der Waals surface area contributed by atoms with E-state index in [1.165, 1.54) is 22.9 Å². The Bertz CT molecular complexity index is 502. The fourth-order valence-electron chi connectivity index (χ4n) is 1.02. The molecule has 78 valence electrons. The lowest BCUT2D eigenvalue weighted by Gasteiger charge is -1.90. The van der Waals surface area contributed by atoms with Crippen molar-refractivity contribution in [1.82, 2.24) is 14.6 Å². The number of oxime groups is 1. The summed E-state index contributed by atoms with van der Waals surface area (Å²) in [6.45, 7) is 3.60. The molecule has 0 aliphatic heterocycles. The topological polar surface area (TPSA) is 71.3 Å². The maximum Gasteiger partial charge on any atom is 0.137 e. The van der Waals surface area contributed by atoms with Gasteiger partial charge >= 0.3 is 0 Å². The maximum absolute atomic E-state index is 8.61. The Morgan fingerprint density at radius 2 is 2.33 bits per heavy atom. The van der Waals surface area contributed by atoms with E-state index < -0.39 is 0 Å². The number of aryl methyl sites for hydroxylation is 1. The minimum atomic E-state index is 0.507. The number of aromatic nitrogens is 3. The highest BCUT2D eigenvalue weighted by Gasteiger charge is 2.12. The smallest absolute Gasteiger partial charge is 0.137 e. The van der Waals surface area contributed by atoms with E-state index in [9.17, 15) is 0 Å². The van der Waals surface area contributed by atoms with E-state index in [1.807, 2.05) is 12.3 Å². The maximum atomic E-state index is 8.61. The Hall–Kier alpha value is -1.34. The molecule has 0 radical (unpaired) electrons. The van der Waals surface area contributed by atoms with E-state index >= 15 is 0 Å². The van der Waals surface area contributed by atoms with Crippen LogP contribution in [0.1, 0.15) is 18.3 Å². The monoisotopic (exact) mass is 240 g/mol. The first kappa shape index (κ1) is 10.2.